The van der Waals surface area contributed by atoms with Gasteiger partial charge >= 0.3 is 0 Å². The zero-order valence-corrected chi connectivity index (χ0v) is 13.7. The van der Waals surface area contributed by atoms with Crippen LogP contribution in [0.1, 0.15) is 52.3 Å². The first kappa shape index (κ1) is 14.4. The Bertz CT molecular complexity index is 629. The third-order valence-corrected chi connectivity index (χ3v) is 4.84. The Morgan fingerprint density at radius 2 is 1.86 bits per heavy atom. The Morgan fingerprint density at radius 3 is 2.52 bits per heavy atom. The van der Waals surface area contributed by atoms with Crippen LogP contribution in [0.25, 0.3) is 0 Å². The monoisotopic (exact) mass is 282 g/mol. The minimum absolute atomic E-state index is 0.537. The molecule has 0 spiro atoms. The molecule has 1 unspecified atom stereocenters. The number of nitrogens with zero attached hydrogens (tertiary/aromatic N) is 1. The number of benzene rings is 1. The lowest BCUT2D eigenvalue weighted by atomic mass is 9.91. The maximum atomic E-state index is 3.45. The van der Waals surface area contributed by atoms with Crippen molar-refractivity contribution in [3.63, 3.8) is 0 Å². The predicted molar refractivity (Wildman–Crippen MR) is 88.9 cm³/mol. The molecule has 1 heterocycles. The van der Waals surface area contributed by atoms with Crippen molar-refractivity contribution in [1.82, 2.24) is 9.88 Å². The normalized spacial score (nSPS) is 17.8. The molecule has 1 atom stereocenters. The van der Waals surface area contributed by atoms with Gasteiger partial charge in [0.1, 0.15) is 0 Å². The van der Waals surface area contributed by atoms with Gasteiger partial charge in [-0.3, -0.25) is 0 Å². The summed E-state index contributed by atoms with van der Waals surface area (Å²) in [6, 6.07) is 5.12. The van der Waals surface area contributed by atoms with E-state index in [4.69, 9.17) is 0 Å². The highest BCUT2D eigenvalue weighted by Gasteiger charge is 2.20. The average molecular weight is 282 g/mol. The van der Waals surface area contributed by atoms with Crippen molar-refractivity contribution >= 4 is 0 Å². The fourth-order valence-electron chi connectivity index (χ4n) is 3.78. The van der Waals surface area contributed by atoms with E-state index in [1.807, 2.05) is 0 Å². The second-order valence-corrected chi connectivity index (χ2v) is 6.52. The molecule has 0 fully saturated rings. The van der Waals surface area contributed by atoms with Crippen LogP contribution in [0.15, 0.2) is 24.5 Å². The van der Waals surface area contributed by atoms with E-state index in [2.05, 4.69) is 62.2 Å². The molecular weight excluding hydrogens is 256 g/mol. The lowest BCUT2D eigenvalue weighted by molar-refractivity contribution is 0.498. The minimum Gasteiger partial charge on any atom is -0.349 e. The molecule has 112 valence electrons. The van der Waals surface area contributed by atoms with Crippen LogP contribution in [0.5, 0.6) is 0 Å². The van der Waals surface area contributed by atoms with Crippen molar-refractivity contribution in [1.29, 1.82) is 0 Å². The molecule has 3 rings (SSSR count). The molecule has 2 nitrogen and oxygen atoms in total. The van der Waals surface area contributed by atoms with E-state index in [0.29, 0.717) is 6.04 Å². The lowest BCUT2D eigenvalue weighted by Gasteiger charge is -2.21. The van der Waals surface area contributed by atoms with Crippen molar-refractivity contribution in [2.45, 2.75) is 52.6 Å². The third kappa shape index (κ3) is 2.77. The van der Waals surface area contributed by atoms with Crippen LogP contribution in [-0.2, 0) is 13.0 Å². The van der Waals surface area contributed by atoms with E-state index in [-0.39, 0.29) is 0 Å². The SMILES string of the molecule is CNC1CCCc2cn(Cc3c(C)cc(C)cc3C)cc21. The van der Waals surface area contributed by atoms with E-state index in [1.165, 1.54) is 52.6 Å². The summed E-state index contributed by atoms with van der Waals surface area (Å²) in [5, 5.41) is 3.45. The molecule has 1 aliphatic rings. The van der Waals surface area contributed by atoms with Gasteiger partial charge in [0, 0.05) is 25.0 Å². The molecule has 1 N–H and O–H groups in total. The summed E-state index contributed by atoms with van der Waals surface area (Å²) in [7, 11) is 2.07. The zero-order chi connectivity index (χ0) is 15.0. The summed E-state index contributed by atoms with van der Waals surface area (Å²) in [6.45, 7) is 7.63. The fraction of sp³-hybridized carbons (Fsp3) is 0.474. The van der Waals surface area contributed by atoms with Crippen molar-refractivity contribution in [3.05, 3.63) is 57.9 Å². The number of fused-ring (bicyclic) bond motifs is 1. The topological polar surface area (TPSA) is 17.0 Å². The van der Waals surface area contributed by atoms with E-state index < -0.39 is 0 Å². The number of aryl methyl sites for hydroxylation is 4. The molecule has 0 aliphatic heterocycles. The quantitative estimate of drug-likeness (QED) is 0.898. The Kier molecular flexibility index (Phi) is 3.90. The van der Waals surface area contributed by atoms with Crippen LogP contribution in [0.4, 0.5) is 0 Å². The Balaban J connectivity index is 1.91. The smallest absolute Gasteiger partial charge is 0.0475 e. The molecule has 21 heavy (non-hydrogen) atoms. The summed E-state index contributed by atoms with van der Waals surface area (Å²) in [5.41, 5.74) is 8.67. The van der Waals surface area contributed by atoms with Gasteiger partial charge in [0.15, 0.2) is 0 Å². The van der Waals surface area contributed by atoms with Gasteiger partial charge < -0.3 is 9.88 Å². The van der Waals surface area contributed by atoms with Gasteiger partial charge in [-0.25, -0.2) is 0 Å². The molecule has 0 amide bonds. The van der Waals surface area contributed by atoms with Crippen molar-refractivity contribution in [3.8, 4) is 0 Å². The van der Waals surface area contributed by atoms with E-state index >= 15 is 0 Å². The lowest BCUT2D eigenvalue weighted by Crippen LogP contribution is -2.20. The number of hydrogen-bond acceptors (Lipinski definition) is 1. The van der Waals surface area contributed by atoms with Gasteiger partial charge in [0.05, 0.1) is 0 Å². The molecule has 1 aliphatic carbocycles. The number of hydrogen-bond donors (Lipinski definition) is 1. The van der Waals surface area contributed by atoms with Crippen LogP contribution in [0.2, 0.25) is 0 Å². The van der Waals surface area contributed by atoms with Gasteiger partial charge in [0.2, 0.25) is 0 Å². The summed E-state index contributed by atoms with van der Waals surface area (Å²) in [5.74, 6) is 0. The third-order valence-electron chi connectivity index (χ3n) is 4.84. The van der Waals surface area contributed by atoms with Crippen LogP contribution in [0, 0.1) is 20.8 Å². The summed E-state index contributed by atoms with van der Waals surface area (Å²) in [6.07, 6.45) is 8.50. The first-order valence-electron chi connectivity index (χ1n) is 8.01. The summed E-state index contributed by atoms with van der Waals surface area (Å²) in [4.78, 5) is 0. The standard InChI is InChI=1S/C19H26N2/c1-13-8-14(2)17(15(3)9-13)11-21-10-16-6-5-7-19(20-4)18(16)12-21/h8-10,12,19-20H,5-7,11H2,1-4H3. The second kappa shape index (κ2) is 5.69. The Hall–Kier alpha value is -1.54. The summed E-state index contributed by atoms with van der Waals surface area (Å²) >= 11 is 0. The predicted octanol–water partition coefficient (Wildman–Crippen LogP) is 4.06. The van der Waals surface area contributed by atoms with Crippen molar-refractivity contribution in [2.75, 3.05) is 7.05 Å². The van der Waals surface area contributed by atoms with Gasteiger partial charge in [-0.1, -0.05) is 17.7 Å². The zero-order valence-electron chi connectivity index (χ0n) is 13.7. The second-order valence-electron chi connectivity index (χ2n) is 6.52. The van der Waals surface area contributed by atoms with Crippen LogP contribution >= 0.6 is 0 Å². The van der Waals surface area contributed by atoms with Gasteiger partial charge in [-0.2, -0.15) is 0 Å². The average Bonchev–Trinajstić information content (AvgIpc) is 2.85. The largest absolute Gasteiger partial charge is 0.349 e. The van der Waals surface area contributed by atoms with Gasteiger partial charge in [-0.15, -0.1) is 0 Å². The van der Waals surface area contributed by atoms with E-state index in [0.717, 1.165) is 6.54 Å². The molecule has 2 aromatic rings. The highest BCUT2D eigenvalue weighted by Crippen LogP contribution is 2.30. The fourth-order valence-corrected chi connectivity index (χ4v) is 3.78. The molecule has 1 aromatic carbocycles. The number of nitrogens with one attached hydrogen (secondary N) is 1. The van der Waals surface area contributed by atoms with E-state index in [1.54, 1.807) is 0 Å². The maximum Gasteiger partial charge on any atom is 0.0475 e. The molecular formula is C19H26N2. The minimum atomic E-state index is 0.537. The maximum absolute atomic E-state index is 3.45. The number of aromatic nitrogens is 1. The summed E-state index contributed by atoms with van der Waals surface area (Å²) < 4.78 is 2.38. The first-order valence-corrected chi connectivity index (χ1v) is 8.01. The molecule has 1 aromatic heterocycles. The van der Waals surface area contributed by atoms with Crippen LogP contribution in [-0.4, -0.2) is 11.6 Å². The molecule has 0 saturated heterocycles. The van der Waals surface area contributed by atoms with Crippen molar-refractivity contribution in [2.24, 2.45) is 0 Å². The molecule has 0 bridgehead atoms. The Morgan fingerprint density at radius 1 is 1.14 bits per heavy atom. The van der Waals surface area contributed by atoms with Crippen LogP contribution < -0.4 is 5.32 Å². The first-order chi connectivity index (χ1) is 10.1. The highest BCUT2D eigenvalue weighted by atomic mass is 15.0. The Labute approximate surface area is 128 Å². The van der Waals surface area contributed by atoms with Gasteiger partial charge in [-0.05, 0) is 74.9 Å². The molecule has 2 heteroatoms. The number of rotatable bonds is 3. The highest BCUT2D eigenvalue weighted by molar-refractivity contribution is 5.38. The van der Waals surface area contributed by atoms with Gasteiger partial charge in [0.25, 0.3) is 0 Å². The molecule has 0 saturated carbocycles. The van der Waals surface area contributed by atoms with Crippen LogP contribution in [0.3, 0.4) is 0 Å². The van der Waals surface area contributed by atoms with E-state index in [9.17, 15) is 0 Å². The van der Waals surface area contributed by atoms with Crippen molar-refractivity contribution < 1.29 is 0 Å². The molecule has 0 radical (unpaired) electrons.